The van der Waals surface area contributed by atoms with Gasteiger partial charge in [-0.1, -0.05) is 36.4 Å². The minimum atomic E-state index is -5.20. The molecular weight excluding hydrogens is 658 g/mol. The van der Waals surface area contributed by atoms with Crippen molar-refractivity contribution >= 4 is 18.3 Å². The second-order valence-corrected chi connectivity index (χ2v) is 9.86. The summed E-state index contributed by atoms with van der Waals surface area (Å²) in [5, 5.41) is 2.49. The zero-order chi connectivity index (χ0) is 33.2. The summed E-state index contributed by atoms with van der Waals surface area (Å²) in [5.41, 5.74) is 0.834. The topological polar surface area (TPSA) is 64.3 Å². The highest BCUT2D eigenvalue weighted by Gasteiger charge is 2.45. The number of hydrogen-bond acceptors (Lipinski definition) is 3. The molecule has 246 valence electrons. The van der Waals surface area contributed by atoms with E-state index in [1.54, 1.807) is 18.2 Å². The van der Waals surface area contributed by atoms with E-state index >= 15 is 4.39 Å². The van der Waals surface area contributed by atoms with Crippen molar-refractivity contribution in [3.05, 3.63) is 136 Å². The Labute approximate surface area is 261 Å². The van der Waals surface area contributed by atoms with Crippen LogP contribution in [-0.2, 0) is 24.7 Å². The third-order valence-electron chi connectivity index (χ3n) is 6.80. The Kier molecular flexibility index (Phi) is 11.0. The zero-order valence-corrected chi connectivity index (χ0v) is 24.0. The van der Waals surface area contributed by atoms with Crippen LogP contribution in [0.5, 0.6) is 5.75 Å². The molecule has 1 amide bonds. The van der Waals surface area contributed by atoms with Gasteiger partial charge in [0.05, 0.1) is 11.1 Å². The Bertz CT molecular complexity index is 1690. The summed E-state index contributed by atoms with van der Waals surface area (Å²) in [6, 6.07) is 14.3. The van der Waals surface area contributed by atoms with Crippen LogP contribution < -0.4 is 15.8 Å². The predicted molar refractivity (Wildman–Crippen MR) is 149 cm³/mol. The molecule has 0 bridgehead atoms. The highest BCUT2D eigenvalue weighted by atomic mass is 35.5. The summed E-state index contributed by atoms with van der Waals surface area (Å²) in [6.45, 7) is -0.389. The lowest BCUT2D eigenvalue weighted by molar-refractivity contribution is -0.253. The number of nitrogens with one attached hydrogen (secondary N) is 1. The van der Waals surface area contributed by atoms with E-state index in [0.717, 1.165) is 36.4 Å². The fourth-order valence-corrected chi connectivity index (χ4v) is 4.68. The molecule has 0 saturated carbocycles. The molecule has 4 aromatic carbocycles. The maximum Gasteiger partial charge on any atom is 0.461 e. The summed E-state index contributed by atoms with van der Waals surface area (Å²) in [5.74, 6) is -6.13. The molecule has 0 fully saturated rings. The molecule has 0 saturated heterocycles. The van der Waals surface area contributed by atoms with Crippen LogP contribution in [-0.4, -0.2) is 18.4 Å². The predicted octanol–water partition coefficient (Wildman–Crippen LogP) is 8.16. The average molecular weight is 681 g/mol. The van der Waals surface area contributed by atoms with E-state index in [1.807, 2.05) is 0 Å². The first-order valence-electron chi connectivity index (χ1n) is 12.9. The molecule has 3 N–H and O–H groups in total. The quantitative estimate of drug-likeness (QED) is 0.166. The van der Waals surface area contributed by atoms with Crippen molar-refractivity contribution in [2.75, 3.05) is 0 Å². The number of alkyl halides is 7. The second kappa shape index (κ2) is 14.0. The van der Waals surface area contributed by atoms with Gasteiger partial charge in [-0.2, -0.15) is 30.7 Å². The van der Waals surface area contributed by atoms with Crippen LogP contribution in [0.1, 0.15) is 38.2 Å². The number of hydrogen-bond donors (Lipinski definition) is 2. The smallest absolute Gasteiger partial charge is 0.428 e. The van der Waals surface area contributed by atoms with Gasteiger partial charge in [-0.3, -0.25) is 4.79 Å². The van der Waals surface area contributed by atoms with Crippen LogP contribution in [0.3, 0.4) is 0 Å². The minimum Gasteiger partial charge on any atom is -0.428 e. The van der Waals surface area contributed by atoms with E-state index in [0.29, 0.717) is 17.7 Å². The molecule has 1 atom stereocenters. The number of nitrogens with two attached hydrogens (primary N) is 1. The van der Waals surface area contributed by atoms with Gasteiger partial charge in [-0.25, -0.2) is 13.2 Å². The van der Waals surface area contributed by atoms with E-state index in [2.05, 4.69) is 10.1 Å². The molecule has 1 unspecified atom stereocenters. The van der Waals surface area contributed by atoms with E-state index in [1.165, 1.54) is 12.1 Å². The van der Waals surface area contributed by atoms with Crippen molar-refractivity contribution in [3.63, 3.8) is 0 Å². The summed E-state index contributed by atoms with van der Waals surface area (Å²) < 4.78 is 142. The lowest BCUT2D eigenvalue weighted by atomic mass is 9.77. The molecule has 0 heterocycles. The lowest BCUT2D eigenvalue weighted by Crippen LogP contribution is -2.49. The first-order chi connectivity index (χ1) is 21.1. The number of carbonyl (C=O) groups is 1. The fraction of sp³-hybridized carbons (Fsp3) is 0.194. The molecule has 0 radical (unpaired) electrons. The number of rotatable bonds is 10. The summed E-state index contributed by atoms with van der Waals surface area (Å²) in [6.07, 6.45) is -15.0. The number of ether oxygens (including phenoxy) is 1. The number of amides is 1. The Morgan fingerprint density at radius 2 is 1.46 bits per heavy atom. The molecule has 4 aromatic rings. The average Bonchev–Trinajstić information content (AvgIpc) is 2.96. The second-order valence-electron chi connectivity index (χ2n) is 9.86. The van der Waals surface area contributed by atoms with Gasteiger partial charge >= 0.3 is 18.7 Å². The maximum atomic E-state index is 15.0. The van der Waals surface area contributed by atoms with Gasteiger partial charge in [0.25, 0.3) is 5.91 Å². The van der Waals surface area contributed by atoms with Crippen LogP contribution in [0.25, 0.3) is 0 Å². The molecule has 0 spiro atoms. The maximum absolute atomic E-state index is 15.0. The molecule has 0 aliphatic carbocycles. The van der Waals surface area contributed by atoms with Crippen LogP contribution in [0.4, 0.5) is 43.9 Å². The molecule has 4 nitrogen and oxygen atoms in total. The lowest BCUT2D eigenvalue weighted by Gasteiger charge is -2.37. The molecule has 4 rings (SSSR count). The number of benzene rings is 4. The third kappa shape index (κ3) is 7.91. The van der Waals surface area contributed by atoms with Crippen molar-refractivity contribution in [1.82, 2.24) is 5.32 Å². The van der Waals surface area contributed by atoms with Crippen molar-refractivity contribution in [1.29, 1.82) is 0 Å². The Morgan fingerprint density at radius 1 is 0.804 bits per heavy atom. The molecule has 0 aromatic heterocycles. The molecule has 15 heteroatoms. The number of carbonyl (C=O) groups excluding carboxylic acids is 1. The molecule has 0 aliphatic heterocycles. The van der Waals surface area contributed by atoms with Gasteiger partial charge in [0.1, 0.15) is 23.2 Å². The van der Waals surface area contributed by atoms with Crippen LogP contribution >= 0.6 is 12.4 Å². The normalized spacial score (nSPS) is 13.1. The summed E-state index contributed by atoms with van der Waals surface area (Å²) in [4.78, 5) is 13.7. The van der Waals surface area contributed by atoms with Crippen molar-refractivity contribution in [2.24, 2.45) is 5.73 Å². The van der Waals surface area contributed by atoms with Gasteiger partial charge in [-0.05, 0) is 59.2 Å². The summed E-state index contributed by atoms with van der Waals surface area (Å²) >= 11 is 0. The van der Waals surface area contributed by atoms with E-state index in [4.69, 9.17) is 5.73 Å². The molecule has 0 aliphatic rings. The molecular formula is C31H23ClF10N2O2. The van der Waals surface area contributed by atoms with E-state index in [-0.39, 0.29) is 42.6 Å². The van der Waals surface area contributed by atoms with Gasteiger partial charge in [0, 0.05) is 30.2 Å². The van der Waals surface area contributed by atoms with E-state index in [9.17, 15) is 44.3 Å². The monoisotopic (exact) mass is 680 g/mol. The highest BCUT2D eigenvalue weighted by Crippen LogP contribution is 2.39. The van der Waals surface area contributed by atoms with Gasteiger partial charge in [0.15, 0.2) is 0 Å². The Hall–Kier alpha value is -4.30. The van der Waals surface area contributed by atoms with Crippen molar-refractivity contribution in [3.8, 4) is 5.75 Å². The fourth-order valence-electron chi connectivity index (χ4n) is 4.68. The third-order valence-corrected chi connectivity index (χ3v) is 6.80. The first-order valence-corrected chi connectivity index (χ1v) is 12.9. The van der Waals surface area contributed by atoms with Crippen molar-refractivity contribution in [2.45, 2.75) is 37.2 Å². The van der Waals surface area contributed by atoms with Crippen LogP contribution in [0, 0.1) is 17.5 Å². The zero-order valence-electron chi connectivity index (χ0n) is 23.2. The minimum absolute atomic E-state index is 0. The number of halogens is 11. The standard InChI is InChI=1S/C31H22F10N2O2.ClH/c32-22-12-21(13-23(14-22)45-31(40,41)28(35)36)29(15-17-4-2-1-3-5-17,20-7-9-25(33)19(10-20)16-42)43-27(44)18-6-8-26(34)24(11-18)30(37,38)39;/h1-14,28H,15-16,42H2,(H,43,44);1H. The highest BCUT2D eigenvalue weighted by molar-refractivity contribution is 5.95. The Balaban J connectivity index is 0.00000576. The molecule has 46 heavy (non-hydrogen) atoms. The largest absolute Gasteiger partial charge is 0.461 e. The Morgan fingerprint density at radius 3 is 2.07 bits per heavy atom. The SMILES string of the molecule is Cl.NCc1cc(C(Cc2ccccc2)(NC(=O)c2ccc(F)c(C(F)(F)F)c2)c2cc(F)cc(OC(F)(F)C(F)F)c2)ccc1F. The summed E-state index contributed by atoms with van der Waals surface area (Å²) in [7, 11) is 0. The van der Waals surface area contributed by atoms with Gasteiger partial charge < -0.3 is 15.8 Å². The van der Waals surface area contributed by atoms with Crippen LogP contribution in [0.15, 0.2) is 84.9 Å². The first kappa shape index (κ1) is 36.2. The van der Waals surface area contributed by atoms with Crippen molar-refractivity contribution < 1.29 is 53.4 Å². The van der Waals surface area contributed by atoms with Gasteiger partial charge in [0.2, 0.25) is 0 Å². The van der Waals surface area contributed by atoms with Gasteiger partial charge in [-0.15, -0.1) is 12.4 Å². The van der Waals surface area contributed by atoms with E-state index < -0.39 is 70.0 Å². The van der Waals surface area contributed by atoms with Crippen LogP contribution in [0.2, 0.25) is 0 Å².